The number of hydrogen-bond donors (Lipinski definition) is 2. The lowest BCUT2D eigenvalue weighted by atomic mass is 10.0. The lowest BCUT2D eigenvalue weighted by Crippen LogP contribution is -2.29. The van der Waals surface area contributed by atoms with Gasteiger partial charge in [0.15, 0.2) is 6.10 Å². The fourth-order valence-electron chi connectivity index (χ4n) is 6.28. The zero-order valence-electron chi connectivity index (χ0n) is 33.4. The van der Waals surface area contributed by atoms with Gasteiger partial charge in [-0.05, 0) is 12.8 Å². The van der Waals surface area contributed by atoms with Gasteiger partial charge in [-0.2, -0.15) is 0 Å². The second kappa shape index (κ2) is 38.7. The van der Waals surface area contributed by atoms with Gasteiger partial charge in [0.1, 0.15) is 6.61 Å². The lowest BCUT2D eigenvalue weighted by Gasteiger charge is -2.19. The predicted octanol–water partition coefficient (Wildman–Crippen LogP) is 12.1. The Morgan fingerprint density at radius 3 is 1.20 bits per heavy atom. The monoisotopic (exact) mass is 748 g/mol. The molecule has 0 rings (SSSR count). The number of phosphoric ester groups is 1. The summed E-state index contributed by atoms with van der Waals surface area (Å²) in [4.78, 5) is 34.8. The van der Waals surface area contributed by atoms with Crippen molar-refractivity contribution in [2.24, 2.45) is 5.73 Å². The molecule has 9 nitrogen and oxygen atoms in total. The van der Waals surface area contributed by atoms with E-state index >= 15 is 0 Å². The number of ether oxygens (including phenoxy) is 2. The van der Waals surface area contributed by atoms with Crippen LogP contribution in [0.4, 0.5) is 0 Å². The molecule has 3 N–H and O–H groups in total. The fraction of sp³-hybridized carbons (Fsp3) is 0.951. The molecule has 51 heavy (non-hydrogen) atoms. The Morgan fingerprint density at radius 2 is 0.843 bits per heavy atom. The summed E-state index contributed by atoms with van der Waals surface area (Å²) >= 11 is 0. The Kier molecular flexibility index (Phi) is 38.0. The van der Waals surface area contributed by atoms with E-state index in [9.17, 15) is 19.0 Å². The van der Waals surface area contributed by atoms with Crippen molar-refractivity contribution in [2.45, 2.75) is 225 Å². The Morgan fingerprint density at radius 1 is 0.510 bits per heavy atom. The summed E-state index contributed by atoms with van der Waals surface area (Å²) in [6.45, 7) is 3.76. The van der Waals surface area contributed by atoms with Gasteiger partial charge in [0.25, 0.3) is 0 Å². The molecular formula is C41H82NO8P. The van der Waals surface area contributed by atoms with E-state index in [1.807, 2.05) is 0 Å². The van der Waals surface area contributed by atoms with Crippen LogP contribution in [-0.2, 0) is 32.7 Å². The standard InChI is InChI=1S/C41H82NO8P/c1-3-5-7-9-11-13-15-17-18-19-20-21-22-24-26-28-30-32-34-41(44)50-39(38-49-51(45,46)48-36-35-42)37-47-40(43)33-31-29-27-25-23-16-14-12-10-8-6-4-2/h39H,3-38,42H2,1-2H3,(H,45,46). The van der Waals surface area contributed by atoms with Crippen LogP contribution in [-0.4, -0.2) is 49.3 Å². The van der Waals surface area contributed by atoms with Crippen LogP contribution in [0.5, 0.6) is 0 Å². The maximum absolute atomic E-state index is 12.6. The van der Waals surface area contributed by atoms with E-state index in [4.69, 9.17) is 24.3 Å². The molecule has 0 amide bonds. The summed E-state index contributed by atoms with van der Waals surface area (Å²) in [5.74, 6) is -0.814. The molecule has 0 fully saturated rings. The van der Waals surface area contributed by atoms with Gasteiger partial charge in [-0.25, -0.2) is 4.57 Å². The second-order valence-corrected chi connectivity index (χ2v) is 16.0. The highest BCUT2D eigenvalue weighted by Gasteiger charge is 2.26. The van der Waals surface area contributed by atoms with Crippen molar-refractivity contribution in [1.29, 1.82) is 0 Å². The van der Waals surface area contributed by atoms with Gasteiger partial charge in [-0.1, -0.05) is 194 Å². The molecule has 0 heterocycles. The van der Waals surface area contributed by atoms with Crippen LogP contribution in [0.3, 0.4) is 0 Å². The third kappa shape index (κ3) is 38.5. The molecule has 0 saturated heterocycles. The number of carbonyl (C=O) groups excluding carboxylic acids is 2. The zero-order chi connectivity index (χ0) is 37.5. The summed E-state index contributed by atoms with van der Waals surface area (Å²) < 4.78 is 32.7. The van der Waals surface area contributed by atoms with Crippen LogP contribution < -0.4 is 5.73 Å². The fourth-order valence-corrected chi connectivity index (χ4v) is 7.05. The molecule has 0 saturated carbocycles. The number of carbonyl (C=O) groups is 2. The van der Waals surface area contributed by atoms with Crippen molar-refractivity contribution in [3.05, 3.63) is 0 Å². The summed E-state index contributed by atoms with van der Waals surface area (Å²) in [7, 11) is -4.36. The Labute approximate surface area is 314 Å². The first-order valence-corrected chi connectivity index (χ1v) is 23.0. The van der Waals surface area contributed by atoms with E-state index in [2.05, 4.69) is 13.8 Å². The first kappa shape index (κ1) is 50.0. The minimum Gasteiger partial charge on any atom is -0.462 e. The van der Waals surface area contributed by atoms with Gasteiger partial charge in [0, 0.05) is 19.4 Å². The molecule has 0 radical (unpaired) electrons. The molecule has 0 bridgehead atoms. The molecule has 10 heteroatoms. The highest BCUT2D eigenvalue weighted by Crippen LogP contribution is 2.43. The van der Waals surface area contributed by atoms with Crippen LogP contribution in [0.25, 0.3) is 0 Å². The van der Waals surface area contributed by atoms with Gasteiger partial charge < -0.3 is 20.1 Å². The summed E-state index contributed by atoms with van der Waals surface area (Å²) in [5.41, 5.74) is 5.34. The lowest BCUT2D eigenvalue weighted by molar-refractivity contribution is -0.161. The van der Waals surface area contributed by atoms with E-state index in [1.54, 1.807) is 0 Å². The highest BCUT2D eigenvalue weighted by molar-refractivity contribution is 7.47. The van der Waals surface area contributed by atoms with Gasteiger partial charge in [0.05, 0.1) is 13.2 Å². The van der Waals surface area contributed by atoms with Gasteiger partial charge in [0.2, 0.25) is 0 Å². The predicted molar refractivity (Wildman–Crippen MR) is 211 cm³/mol. The summed E-state index contributed by atoms with van der Waals surface area (Å²) in [6, 6.07) is 0. The number of esters is 2. The van der Waals surface area contributed by atoms with Gasteiger partial charge in [-0.3, -0.25) is 18.6 Å². The molecule has 0 aromatic rings. The second-order valence-electron chi connectivity index (χ2n) is 14.6. The van der Waals surface area contributed by atoms with Crippen LogP contribution in [0.1, 0.15) is 219 Å². The minimum atomic E-state index is -4.36. The molecule has 0 aromatic heterocycles. The first-order chi connectivity index (χ1) is 24.8. The maximum atomic E-state index is 12.6. The highest BCUT2D eigenvalue weighted by atomic mass is 31.2. The molecule has 0 spiro atoms. The van der Waals surface area contributed by atoms with Gasteiger partial charge >= 0.3 is 19.8 Å². The van der Waals surface area contributed by atoms with Crippen LogP contribution in [0.15, 0.2) is 0 Å². The summed E-state index contributed by atoms with van der Waals surface area (Å²) in [5, 5.41) is 0. The van der Waals surface area contributed by atoms with Crippen molar-refractivity contribution in [3.8, 4) is 0 Å². The molecule has 304 valence electrons. The van der Waals surface area contributed by atoms with E-state index in [0.717, 1.165) is 32.1 Å². The van der Waals surface area contributed by atoms with Gasteiger partial charge in [-0.15, -0.1) is 0 Å². The third-order valence-corrected chi connectivity index (χ3v) is 10.5. The smallest absolute Gasteiger partial charge is 0.462 e. The number of phosphoric acid groups is 1. The molecule has 0 aliphatic rings. The topological polar surface area (TPSA) is 134 Å². The average Bonchev–Trinajstić information content (AvgIpc) is 3.11. The van der Waals surface area contributed by atoms with E-state index in [1.165, 1.54) is 154 Å². The van der Waals surface area contributed by atoms with Crippen molar-refractivity contribution in [1.82, 2.24) is 0 Å². The van der Waals surface area contributed by atoms with Crippen LogP contribution in [0, 0.1) is 0 Å². The van der Waals surface area contributed by atoms with Crippen molar-refractivity contribution >= 4 is 19.8 Å². The first-order valence-electron chi connectivity index (χ1n) is 21.5. The van der Waals surface area contributed by atoms with E-state index < -0.39 is 26.5 Å². The number of hydrogen-bond acceptors (Lipinski definition) is 8. The Hall–Kier alpha value is -0.990. The Balaban J connectivity index is 4.09. The molecular weight excluding hydrogens is 665 g/mol. The van der Waals surface area contributed by atoms with Crippen molar-refractivity contribution in [3.63, 3.8) is 0 Å². The molecule has 2 unspecified atom stereocenters. The normalized spacial score (nSPS) is 13.3. The quantitative estimate of drug-likeness (QED) is 0.0356. The molecule has 0 aromatic carbocycles. The number of rotatable bonds is 41. The maximum Gasteiger partial charge on any atom is 0.472 e. The van der Waals surface area contributed by atoms with Crippen molar-refractivity contribution < 1.29 is 37.6 Å². The van der Waals surface area contributed by atoms with E-state index in [-0.39, 0.29) is 38.6 Å². The van der Waals surface area contributed by atoms with Crippen LogP contribution >= 0.6 is 7.82 Å². The average molecular weight is 748 g/mol. The molecule has 2 atom stereocenters. The van der Waals surface area contributed by atoms with Crippen molar-refractivity contribution in [2.75, 3.05) is 26.4 Å². The number of unbranched alkanes of at least 4 members (excludes halogenated alkanes) is 28. The largest absolute Gasteiger partial charge is 0.472 e. The minimum absolute atomic E-state index is 0.0580. The van der Waals surface area contributed by atoms with E-state index in [0.29, 0.717) is 6.42 Å². The third-order valence-electron chi connectivity index (χ3n) is 9.49. The Bertz CT molecular complexity index is 815. The zero-order valence-corrected chi connectivity index (χ0v) is 34.3. The summed E-state index contributed by atoms with van der Waals surface area (Å²) in [6.07, 6.45) is 37.0. The molecule has 0 aliphatic heterocycles. The molecule has 0 aliphatic carbocycles. The number of nitrogens with two attached hydrogens (primary N) is 1. The van der Waals surface area contributed by atoms with Crippen LogP contribution in [0.2, 0.25) is 0 Å². The SMILES string of the molecule is CCCCCCCCCCCCCCCCCCCCC(=O)OC(COC(=O)CCCCCCCCCCCCCC)COP(=O)(O)OCCN.